The van der Waals surface area contributed by atoms with E-state index in [9.17, 15) is 0 Å². The highest BCUT2D eigenvalue weighted by atomic mass is 14.3. The summed E-state index contributed by atoms with van der Waals surface area (Å²) in [5, 5.41) is 6.50. The van der Waals surface area contributed by atoms with Crippen molar-refractivity contribution in [3.63, 3.8) is 0 Å². The van der Waals surface area contributed by atoms with Crippen LogP contribution in [0.2, 0.25) is 0 Å². The predicted molar refractivity (Wildman–Crippen MR) is 60.2 cm³/mol. The second-order valence-corrected chi connectivity index (χ2v) is 3.06. The van der Waals surface area contributed by atoms with Crippen molar-refractivity contribution < 1.29 is 0 Å². The first kappa shape index (κ1) is 17.7. The largest absolute Gasteiger partial charge is 0.310 e. The summed E-state index contributed by atoms with van der Waals surface area (Å²) >= 11 is 0. The van der Waals surface area contributed by atoms with Gasteiger partial charge in [-0.15, -0.1) is 0 Å². The van der Waals surface area contributed by atoms with E-state index in [1.54, 1.807) is 13.8 Å². The molecule has 0 aliphatic carbocycles. The minimum absolute atomic E-state index is 0.667. The molecule has 0 saturated carbocycles. The van der Waals surface area contributed by atoms with Gasteiger partial charge in [0, 0.05) is 5.71 Å². The Kier molecular flexibility index (Phi) is 33.0. The maximum absolute atomic E-state index is 6.50. The Balaban J connectivity index is -0.000000105. The molecule has 76 valence electrons. The summed E-state index contributed by atoms with van der Waals surface area (Å²) in [4.78, 5) is 0. The monoisotopic (exact) mass is 173 g/mol. The van der Waals surface area contributed by atoms with Gasteiger partial charge in [-0.2, -0.15) is 0 Å². The van der Waals surface area contributed by atoms with Crippen molar-refractivity contribution in [3.05, 3.63) is 0 Å². The first-order valence-electron chi connectivity index (χ1n) is 5.08. The number of hydrogen-bond donors (Lipinski definition) is 1. The van der Waals surface area contributed by atoms with E-state index in [1.165, 1.54) is 25.7 Å². The van der Waals surface area contributed by atoms with Crippen LogP contribution in [0.1, 0.15) is 67.2 Å². The molecule has 0 unspecified atom stereocenters. The van der Waals surface area contributed by atoms with Crippen molar-refractivity contribution in [2.45, 2.75) is 67.2 Å². The van der Waals surface area contributed by atoms with Gasteiger partial charge in [0.25, 0.3) is 0 Å². The van der Waals surface area contributed by atoms with Crippen molar-refractivity contribution in [1.82, 2.24) is 0 Å². The Labute approximate surface area is 79.1 Å². The van der Waals surface area contributed by atoms with Crippen LogP contribution in [0.25, 0.3) is 0 Å². The quantitative estimate of drug-likeness (QED) is 0.587. The summed E-state index contributed by atoms with van der Waals surface area (Å²) in [5.41, 5.74) is 0.667. The Morgan fingerprint density at radius 1 is 0.917 bits per heavy atom. The third-order valence-electron chi connectivity index (χ3n) is 0.707. The third-order valence-corrected chi connectivity index (χ3v) is 0.707. The molecule has 0 radical (unpaired) electrons. The van der Waals surface area contributed by atoms with E-state index in [2.05, 4.69) is 27.7 Å². The molecule has 0 atom stereocenters. The predicted octanol–water partition coefficient (Wildman–Crippen LogP) is 4.66. The molecule has 1 nitrogen and oxygen atoms in total. The average molecular weight is 173 g/mol. The first-order chi connectivity index (χ1) is 5.56. The van der Waals surface area contributed by atoms with Gasteiger partial charge in [-0.1, -0.05) is 53.4 Å². The number of hydrogen-bond acceptors (Lipinski definition) is 1. The Morgan fingerprint density at radius 3 is 1.08 bits per heavy atom. The van der Waals surface area contributed by atoms with Crippen LogP contribution in [0.15, 0.2) is 0 Å². The number of rotatable bonds is 2. The molecule has 0 aliphatic heterocycles. The molecule has 0 heterocycles. The summed E-state index contributed by atoms with van der Waals surface area (Å²) < 4.78 is 0. The topological polar surface area (TPSA) is 23.9 Å². The lowest BCUT2D eigenvalue weighted by Gasteiger charge is -1.79. The van der Waals surface area contributed by atoms with Crippen LogP contribution in [0.3, 0.4) is 0 Å². The highest BCUT2D eigenvalue weighted by Crippen LogP contribution is 1.88. The highest BCUT2D eigenvalue weighted by Gasteiger charge is 1.68. The van der Waals surface area contributed by atoms with Gasteiger partial charge in [-0.05, 0) is 13.8 Å². The Bertz CT molecular complexity index is 61.4. The summed E-state index contributed by atoms with van der Waals surface area (Å²) in [6.07, 6.45) is 5.33. The minimum atomic E-state index is 0.667. The van der Waals surface area contributed by atoms with Gasteiger partial charge in [-0.25, -0.2) is 0 Å². The lowest BCUT2D eigenvalue weighted by molar-refractivity contribution is 0.772. The molecule has 0 rings (SSSR count). The molecule has 1 N–H and O–H groups in total. The molecule has 0 saturated heterocycles. The van der Waals surface area contributed by atoms with Crippen LogP contribution < -0.4 is 0 Å². The van der Waals surface area contributed by atoms with Gasteiger partial charge in [-0.3, -0.25) is 0 Å². The fourth-order valence-electron chi connectivity index (χ4n) is 0.354. The van der Waals surface area contributed by atoms with E-state index in [0.29, 0.717) is 5.71 Å². The van der Waals surface area contributed by atoms with Crippen LogP contribution in [0.4, 0.5) is 0 Å². The minimum Gasteiger partial charge on any atom is -0.310 e. The van der Waals surface area contributed by atoms with Crippen molar-refractivity contribution in [2.75, 3.05) is 0 Å². The maximum atomic E-state index is 6.50. The van der Waals surface area contributed by atoms with Crippen LogP contribution in [-0.4, -0.2) is 5.71 Å². The molecule has 12 heavy (non-hydrogen) atoms. The van der Waals surface area contributed by atoms with Crippen LogP contribution >= 0.6 is 0 Å². The second kappa shape index (κ2) is 22.4. The highest BCUT2D eigenvalue weighted by molar-refractivity contribution is 5.75. The molecular formula is C11H27N. The smallest absolute Gasteiger partial charge is 0.00272 e. The van der Waals surface area contributed by atoms with E-state index in [1.807, 2.05) is 0 Å². The zero-order valence-corrected chi connectivity index (χ0v) is 9.83. The summed E-state index contributed by atoms with van der Waals surface area (Å²) in [7, 11) is 0. The fourth-order valence-corrected chi connectivity index (χ4v) is 0.354. The van der Waals surface area contributed by atoms with Crippen molar-refractivity contribution >= 4 is 5.71 Å². The van der Waals surface area contributed by atoms with Crippen molar-refractivity contribution in [1.29, 1.82) is 5.41 Å². The van der Waals surface area contributed by atoms with E-state index >= 15 is 0 Å². The van der Waals surface area contributed by atoms with Crippen molar-refractivity contribution in [2.24, 2.45) is 0 Å². The molecule has 0 aromatic heterocycles. The van der Waals surface area contributed by atoms with E-state index in [0.717, 1.165) is 0 Å². The van der Waals surface area contributed by atoms with Crippen LogP contribution in [0.5, 0.6) is 0 Å². The van der Waals surface area contributed by atoms with Gasteiger partial charge in [0.2, 0.25) is 0 Å². The normalized spacial score (nSPS) is 7.17. The SMILES string of the molecule is CC(C)=N.CCC.CCCCC. The standard InChI is InChI=1S/C5H12.C3H7N.C3H8/c1-3-5-4-2;1-3(2)4;1-3-2/h3-5H2,1-2H3;4H,1-2H3;3H2,1-2H3. The van der Waals surface area contributed by atoms with Gasteiger partial charge in [0.1, 0.15) is 0 Å². The third kappa shape index (κ3) is 261. The van der Waals surface area contributed by atoms with Gasteiger partial charge < -0.3 is 5.41 Å². The van der Waals surface area contributed by atoms with E-state index in [-0.39, 0.29) is 0 Å². The average Bonchev–Trinajstić information content (AvgIpc) is 1.89. The summed E-state index contributed by atoms with van der Waals surface area (Å²) in [5.74, 6) is 0. The first-order valence-corrected chi connectivity index (χ1v) is 5.08. The Hall–Kier alpha value is -0.330. The van der Waals surface area contributed by atoms with Crippen molar-refractivity contribution in [3.8, 4) is 0 Å². The van der Waals surface area contributed by atoms with Gasteiger partial charge in [0.05, 0.1) is 0 Å². The molecule has 0 aliphatic rings. The maximum Gasteiger partial charge on any atom is 0.00272 e. The molecule has 0 aromatic carbocycles. The van der Waals surface area contributed by atoms with Crippen LogP contribution in [0, 0.1) is 5.41 Å². The van der Waals surface area contributed by atoms with E-state index < -0.39 is 0 Å². The van der Waals surface area contributed by atoms with E-state index in [4.69, 9.17) is 5.41 Å². The molecular weight excluding hydrogens is 146 g/mol. The van der Waals surface area contributed by atoms with Gasteiger partial charge >= 0.3 is 0 Å². The number of unbranched alkanes of at least 4 members (excludes halogenated alkanes) is 2. The Morgan fingerprint density at radius 2 is 1.08 bits per heavy atom. The molecule has 1 heteroatoms. The van der Waals surface area contributed by atoms with Gasteiger partial charge in [0.15, 0.2) is 0 Å². The zero-order valence-electron chi connectivity index (χ0n) is 9.83. The lowest BCUT2D eigenvalue weighted by atomic mass is 10.3. The summed E-state index contributed by atoms with van der Waals surface area (Å²) in [6.45, 7) is 12.2. The molecule has 0 aromatic rings. The molecule has 0 bridgehead atoms. The fraction of sp³-hybridized carbons (Fsp3) is 0.909. The van der Waals surface area contributed by atoms with Crippen LogP contribution in [-0.2, 0) is 0 Å². The molecule has 0 amide bonds. The zero-order chi connectivity index (χ0) is 10.4. The number of nitrogens with one attached hydrogen (secondary N) is 1. The summed E-state index contributed by atoms with van der Waals surface area (Å²) in [6, 6.07) is 0. The second-order valence-electron chi connectivity index (χ2n) is 3.06. The molecule has 0 spiro atoms. The molecule has 0 fully saturated rings. The lowest BCUT2D eigenvalue weighted by Crippen LogP contribution is -1.67.